The Kier molecular flexibility index (Phi) is 69.0. The zero-order chi connectivity index (χ0) is 73.0. The summed E-state index contributed by atoms with van der Waals surface area (Å²) in [7, 11) is -9.92. The second-order valence-corrected chi connectivity index (χ2v) is 33.1. The van der Waals surface area contributed by atoms with Gasteiger partial charge < -0.3 is 33.8 Å². The minimum Gasteiger partial charge on any atom is -0.462 e. The smallest absolute Gasteiger partial charge is 0.462 e. The number of aliphatic hydroxyl groups excluding tert-OH is 1. The molecule has 0 spiro atoms. The fourth-order valence-corrected chi connectivity index (χ4v) is 13.9. The monoisotopic (exact) mass is 1450 g/mol. The molecule has 0 bridgehead atoms. The fourth-order valence-electron chi connectivity index (χ4n) is 12.3. The van der Waals surface area contributed by atoms with Crippen LogP contribution in [-0.2, 0) is 65.4 Å². The molecule has 0 aliphatic carbocycles. The van der Waals surface area contributed by atoms with Gasteiger partial charge in [-0.05, 0) is 43.4 Å². The SMILES string of the molecule is CCCCCCCCCCCCCCCCCCCCCC(=O)O[C@H](COC(=O)CCCCCCCCCCCCCCCC(C)C)COP(=O)(O)OC[C@@H](O)COP(=O)(O)OC[C@@H](COC(=O)CCCCCCCCCC(C)C)OC(=O)CCCCCCCCCCCCCC(C)C. The third-order valence-electron chi connectivity index (χ3n) is 18.6. The van der Waals surface area contributed by atoms with E-state index in [0.717, 1.165) is 108 Å². The van der Waals surface area contributed by atoms with E-state index in [-0.39, 0.29) is 25.7 Å². The Morgan fingerprint density at radius 1 is 0.273 bits per heavy atom. The Balaban J connectivity index is 5.24. The van der Waals surface area contributed by atoms with Crippen LogP contribution in [-0.4, -0.2) is 96.7 Å². The second-order valence-electron chi connectivity index (χ2n) is 30.2. The number of phosphoric ester groups is 2. The van der Waals surface area contributed by atoms with Crippen LogP contribution in [0.25, 0.3) is 0 Å². The van der Waals surface area contributed by atoms with Gasteiger partial charge in [-0.15, -0.1) is 0 Å². The predicted molar refractivity (Wildman–Crippen MR) is 405 cm³/mol. The van der Waals surface area contributed by atoms with E-state index in [1.54, 1.807) is 0 Å². The summed E-state index contributed by atoms with van der Waals surface area (Å²) in [6.45, 7) is 11.9. The Morgan fingerprint density at radius 3 is 0.687 bits per heavy atom. The third kappa shape index (κ3) is 74.1. The summed E-state index contributed by atoms with van der Waals surface area (Å²) in [5.41, 5.74) is 0. The van der Waals surface area contributed by atoms with Crippen molar-refractivity contribution in [2.24, 2.45) is 17.8 Å². The number of ether oxygens (including phenoxy) is 4. The summed E-state index contributed by atoms with van der Waals surface area (Å²) in [6.07, 6.45) is 58.4. The van der Waals surface area contributed by atoms with Crippen molar-refractivity contribution < 1.29 is 80.2 Å². The molecule has 19 heteroatoms. The van der Waals surface area contributed by atoms with Crippen molar-refractivity contribution in [1.82, 2.24) is 0 Å². The zero-order valence-corrected chi connectivity index (χ0v) is 66.8. The van der Waals surface area contributed by atoms with Crippen molar-refractivity contribution in [3.63, 3.8) is 0 Å². The van der Waals surface area contributed by atoms with Crippen LogP contribution in [0.4, 0.5) is 0 Å². The van der Waals surface area contributed by atoms with E-state index in [0.29, 0.717) is 31.6 Å². The van der Waals surface area contributed by atoms with E-state index < -0.39 is 97.5 Å². The summed E-state index contributed by atoms with van der Waals surface area (Å²) in [5.74, 6) is 0.148. The molecule has 0 aliphatic heterocycles. The van der Waals surface area contributed by atoms with Gasteiger partial charge in [0.25, 0.3) is 0 Å². The fraction of sp³-hybridized carbons (Fsp3) is 0.950. The van der Waals surface area contributed by atoms with Crippen LogP contribution in [0.5, 0.6) is 0 Å². The van der Waals surface area contributed by atoms with Gasteiger partial charge in [0.2, 0.25) is 0 Å². The van der Waals surface area contributed by atoms with Gasteiger partial charge >= 0.3 is 39.5 Å². The topological polar surface area (TPSA) is 237 Å². The first-order valence-electron chi connectivity index (χ1n) is 41.3. The van der Waals surface area contributed by atoms with Crippen LogP contribution in [0.3, 0.4) is 0 Å². The largest absolute Gasteiger partial charge is 0.472 e. The number of unbranched alkanes of at least 4 members (excludes halogenated alkanes) is 46. The lowest BCUT2D eigenvalue weighted by Crippen LogP contribution is -2.30. The normalized spacial score (nSPS) is 14.0. The highest BCUT2D eigenvalue weighted by molar-refractivity contribution is 7.47. The lowest BCUT2D eigenvalue weighted by molar-refractivity contribution is -0.161. The first kappa shape index (κ1) is 97.1. The van der Waals surface area contributed by atoms with E-state index in [1.807, 2.05) is 0 Å². The van der Waals surface area contributed by atoms with Crippen LogP contribution >= 0.6 is 15.6 Å². The van der Waals surface area contributed by atoms with E-state index in [9.17, 15) is 43.2 Å². The molecular formula is C80H156O17P2. The molecule has 3 N–H and O–H groups in total. The van der Waals surface area contributed by atoms with Crippen molar-refractivity contribution in [2.45, 2.75) is 433 Å². The molecule has 588 valence electrons. The number of hydrogen-bond acceptors (Lipinski definition) is 15. The standard InChI is InChI=1S/C80H156O17P2/c1-8-9-10-11-12-13-14-15-16-17-18-19-20-23-29-34-41-49-56-63-79(84)96-75(67-90-77(82)61-54-47-40-33-28-24-21-22-26-31-37-44-51-58-71(2)3)69-94-98(86,87)92-65-74(81)66-93-99(88,89)95-70-76(68-91-78(83)62-55-48-43-36-39-46-53-60-73(6)7)97-80(85)64-57-50-42-35-30-25-27-32-38-45-52-59-72(4)5/h71-76,81H,8-70H2,1-7H3,(H,86,87)(H,88,89)/t74-,75-,76-/m1/s1. The number of hydrogen-bond donors (Lipinski definition) is 3. The van der Waals surface area contributed by atoms with Gasteiger partial charge in [0.1, 0.15) is 19.3 Å². The molecule has 0 aromatic rings. The maximum Gasteiger partial charge on any atom is 0.472 e. The molecule has 2 unspecified atom stereocenters. The molecule has 0 heterocycles. The molecule has 0 aromatic carbocycles. The van der Waals surface area contributed by atoms with E-state index in [1.165, 1.54) is 218 Å². The zero-order valence-electron chi connectivity index (χ0n) is 65.0. The lowest BCUT2D eigenvalue weighted by atomic mass is 10.0. The maximum atomic E-state index is 13.1. The summed E-state index contributed by atoms with van der Waals surface area (Å²) in [6, 6.07) is 0. The molecule has 0 rings (SSSR count). The van der Waals surface area contributed by atoms with E-state index in [4.69, 9.17) is 37.0 Å². The molecule has 0 aliphatic rings. The molecule has 0 saturated heterocycles. The van der Waals surface area contributed by atoms with Crippen molar-refractivity contribution in [1.29, 1.82) is 0 Å². The van der Waals surface area contributed by atoms with Gasteiger partial charge in [0.15, 0.2) is 12.2 Å². The quantitative estimate of drug-likeness (QED) is 0.0222. The first-order valence-corrected chi connectivity index (χ1v) is 44.3. The minimum absolute atomic E-state index is 0.106. The van der Waals surface area contributed by atoms with Crippen LogP contribution < -0.4 is 0 Å². The van der Waals surface area contributed by atoms with E-state index >= 15 is 0 Å². The van der Waals surface area contributed by atoms with Crippen molar-refractivity contribution in [2.75, 3.05) is 39.6 Å². The van der Waals surface area contributed by atoms with Crippen LogP contribution in [0.1, 0.15) is 414 Å². The van der Waals surface area contributed by atoms with Gasteiger partial charge in [0.05, 0.1) is 26.4 Å². The number of rotatable bonds is 78. The Labute approximate surface area is 607 Å². The highest BCUT2D eigenvalue weighted by Crippen LogP contribution is 2.45. The van der Waals surface area contributed by atoms with Crippen LogP contribution in [0.2, 0.25) is 0 Å². The average Bonchev–Trinajstić information content (AvgIpc) is 0.990. The molecule has 0 amide bonds. The Bertz CT molecular complexity index is 1920. The average molecular weight is 1450 g/mol. The van der Waals surface area contributed by atoms with Gasteiger partial charge in [0, 0.05) is 25.7 Å². The molecule has 0 aromatic heterocycles. The summed E-state index contributed by atoms with van der Waals surface area (Å²) < 4.78 is 68.7. The summed E-state index contributed by atoms with van der Waals surface area (Å²) in [4.78, 5) is 73.0. The lowest BCUT2D eigenvalue weighted by Gasteiger charge is -2.21. The highest BCUT2D eigenvalue weighted by Gasteiger charge is 2.30. The Morgan fingerprint density at radius 2 is 0.465 bits per heavy atom. The maximum absolute atomic E-state index is 13.1. The first-order chi connectivity index (χ1) is 47.7. The molecule has 0 saturated carbocycles. The van der Waals surface area contributed by atoms with Crippen LogP contribution in [0, 0.1) is 17.8 Å². The number of carbonyl (C=O) groups excluding carboxylic acids is 4. The van der Waals surface area contributed by atoms with Gasteiger partial charge in [-0.2, -0.15) is 0 Å². The molecule has 5 atom stereocenters. The Hall–Kier alpha value is -1.94. The van der Waals surface area contributed by atoms with Crippen molar-refractivity contribution in [3.8, 4) is 0 Å². The molecule has 17 nitrogen and oxygen atoms in total. The van der Waals surface area contributed by atoms with Gasteiger partial charge in [-0.25, -0.2) is 9.13 Å². The van der Waals surface area contributed by atoms with Crippen LogP contribution in [0.15, 0.2) is 0 Å². The van der Waals surface area contributed by atoms with Crippen molar-refractivity contribution in [3.05, 3.63) is 0 Å². The number of aliphatic hydroxyl groups is 1. The summed E-state index contributed by atoms with van der Waals surface area (Å²) >= 11 is 0. The highest BCUT2D eigenvalue weighted by atomic mass is 31.2. The summed E-state index contributed by atoms with van der Waals surface area (Å²) in [5, 5.41) is 10.6. The second kappa shape index (κ2) is 70.4. The van der Waals surface area contributed by atoms with Crippen molar-refractivity contribution >= 4 is 39.5 Å². The van der Waals surface area contributed by atoms with E-state index in [2.05, 4.69) is 48.5 Å². The van der Waals surface area contributed by atoms with Gasteiger partial charge in [-0.3, -0.25) is 37.3 Å². The number of phosphoric acid groups is 2. The molecule has 0 radical (unpaired) electrons. The molecule has 99 heavy (non-hydrogen) atoms. The molecule has 0 fully saturated rings. The third-order valence-corrected chi connectivity index (χ3v) is 20.5. The number of esters is 4. The minimum atomic E-state index is -4.96. The van der Waals surface area contributed by atoms with Gasteiger partial charge in [-0.1, -0.05) is 363 Å². The predicted octanol–water partition coefficient (Wildman–Crippen LogP) is 23.7. The number of carbonyl (C=O) groups is 4. The molecular weight excluding hydrogens is 1290 g/mol.